The molecular weight excluding hydrogens is 330 g/mol. The minimum Gasteiger partial charge on any atom is -0.319 e. The maximum atomic E-state index is 12.9. The van der Waals surface area contributed by atoms with Crippen molar-refractivity contribution in [1.82, 2.24) is 10.2 Å². The van der Waals surface area contributed by atoms with E-state index in [1.54, 1.807) is 26.1 Å². The molecule has 4 amide bonds. The van der Waals surface area contributed by atoms with E-state index in [2.05, 4.69) is 5.32 Å². The highest BCUT2D eigenvalue weighted by Gasteiger charge is 2.49. The lowest BCUT2D eigenvalue weighted by molar-refractivity contribution is -0.134. The number of likely N-dealkylation sites (N-methyl/N-ethyl adjacent to an activating group) is 1. The number of carbonyl (C=O) groups excluding carboxylic acids is 3. The Balaban J connectivity index is 1.79. The molecule has 134 valence electrons. The lowest BCUT2D eigenvalue weighted by Crippen LogP contribution is -2.43. The molecule has 0 bridgehead atoms. The molecule has 6 heteroatoms. The zero-order chi connectivity index (χ0) is 18.9. The van der Waals surface area contributed by atoms with E-state index >= 15 is 0 Å². The fraction of sp³-hybridized carbons (Fsp3) is 0.250. The minimum absolute atomic E-state index is 0.308. The van der Waals surface area contributed by atoms with E-state index in [0.717, 1.165) is 10.5 Å². The van der Waals surface area contributed by atoms with Gasteiger partial charge in [-0.15, -0.1) is 0 Å². The molecule has 0 saturated carbocycles. The van der Waals surface area contributed by atoms with Crippen molar-refractivity contribution in [2.24, 2.45) is 0 Å². The summed E-state index contributed by atoms with van der Waals surface area (Å²) in [4.78, 5) is 40.2. The third-order valence-corrected chi connectivity index (χ3v) is 4.71. The summed E-state index contributed by atoms with van der Waals surface area (Å²) in [6.45, 7) is 3.30. The third-order valence-electron chi connectivity index (χ3n) is 4.71. The van der Waals surface area contributed by atoms with Gasteiger partial charge in [0.05, 0.1) is 0 Å². The lowest BCUT2D eigenvalue weighted by Gasteiger charge is -2.23. The van der Waals surface area contributed by atoms with Crippen LogP contribution < -0.4 is 10.2 Å². The summed E-state index contributed by atoms with van der Waals surface area (Å²) in [5.74, 6) is -0.769. The predicted octanol–water partition coefficient (Wildman–Crippen LogP) is 2.43. The van der Waals surface area contributed by atoms with Gasteiger partial charge in [-0.05, 0) is 31.5 Å². The number of benzene rings is 2. The van der Waals surface area contributed by atoms with E-state index in [9.17, 15) is 14.4 Å². The molecule has 26 heavy (non-hydrogen) atoms. The molecule has 6 nitrogen and oxygen atoms in total. The van der Waals surface area contributed by atoms with Crippen molar-refractivity contribution in [2.45, 2.75) is 19.4 Å². The Labute approximate surface area is 152 Å². The molecule has 0 aliphatic carbocycles. The smallest absolute Gasteiger partial charge is 0.319 e. The summed E-state index contributed by atoms with van der Waals surface area (Å²) in [6, 6.07) is 15.9. The summed E-state index contributed by atoms with van der Waals surface area (Å²) < 4.78 is 0. The van der Waals surface area contributed by atoms with E-state index in [1.807, 2.05) is 49.4 Å². The van der Waals surface area contributed by atoms with Gasteiger partial charge in [0, 0.05) is 12.7 Å². The number of amides is 4. The third kappa shape index (κ3) is 3.06. The van der Waals surface area contributed by atoms with Gasteiger partial charge >= 0.3 is 6.03 Å². The maximum absolute atomic E-state index is 12.9. The number of para-hydroxylation sites is 1. The monoisotopic (exact) mass is 351 g/mol. The molecule has 1 saturated heterocycles. The SMILES string of the molecule is Cc1ccc(C2(C)NC(=O)N(CC(=O)N(C)c3ccccc3)C2=O)cc1. The van der Waals surface area contributed by atoms with E-state index in [1.165, 1.54) is 4.90 Å². The van der Waals surface area contributed by atoms with Crippen LogP contribution in [0.5, 0.6) is 0 Å². The molecule has 0 aromatic heterocycles. The normalized spacial score (nSPS) is 19.4. The zero-order valence-electron chi connectivity index (χ0n) is 15.0. The molecule has 1 unspecified atom stereocenters. The number of nitrogens with zero attached hydrogens (tertiary/aromatic N) is 2. The molecule has 1 heterocycles. The fourth-order valence-corrected chi connectivity index (χ4v) is 2.96. The fourth-order valence-electron chi connectivity index (χ4n) is 2.96. The highest BCUT2D eigenvalue weighted by atomic mass is 16.2. The van der Waals surface area contributed by atoms with Crippen LogP contribution in [-0.2, 0) is 15.1 Å². The number of urea groups is 1. The van der Waals surface area contributed by atoms with Crippen LogP contribution in [0.1, 0.15) is 18.1 Å². The first-order valence-electron chi connectivity index (χ1n) is 8.36. The van der Waals surface area contributed by atoms with Crippen LogP contribution >= 0.6 is 0 Å². The Morgan fingerprint density at radius 2 is 1.69 bits per heavy atom. The molecule has 1 N–H and O–H groups in total. The summed E-state index contributed by atoms with van der Waals surface area (Å²) in [6.07, 6.45) is 0. The van der Waals surface area contributed by atoms with Crippen molar-refractivity contribution in [3.05, 3.63) is 65.7 Å². The molecule has 0 spiro atoms. The number of carbonyl (C=O) groups is 3. The van der Waals surface area contributed by atoms with Crippen LogP contribution in [0.25, 0.3) is 0 Å². The van der Waals surface area contributed by atoms with Crippen molar-refractivity contribution in [1.29, 1.82) is 0 Å². The second-order valence-corrected chi connectivity index (χ2v) is 6.60. The summed E-state index contributed by atoms with van der Waals surface area (Å²) >= 11 is 0. The summed E-state index contributed by atoms with van der Waals surface area (Å²) in [5.41, 5.74) is 1.28. The molecule has 0 radical (unpaired) electrons. The van der Waals surface area contributed by atoms with Gasteiger partial charge in [-0.1, -0.05) is 48.0 Å². The topological polar surface area (TPSA) is 69.7 Å². The standard InChI is InChI=1S/C20H21N3O3/c1-14-9-11-15(12-10-14)20(2)18(25)23(19(26)21-20)13-17(24)22(3)16-7-5-4-6-8-16/h4-12H,13H2,1-3H3,(H,21,26). The molecule has 3 rings (SSSR count). The Hall–Kier alpha value is -3.15. The lowest BCUT2D eigenvalue weighted by atomic mass is 9.91. The Kier molecular flexibility index (Phi) is 4.50. The number of anilines is 1. The zero-order valence-corrected chi connectivity index (χ0v) is 15.0. The van der Waals surface area contributed by atoms with Gasteiger partial charge in [-0.2, -0.15) is 0 Å². The summed E-state index contributed by atoms with van der Waals surface area (Å²) in [7, 11) is 1.62. The van der Waals surface area contributed by atoms with Gasteiger partial charge in [0.2, 0.25) is 5.91 Å². The number of hydrogen-bond donors (Lipinski definition) is 1. The molecule has 2 aromatic rings. The van der Waals surface area contributed by atoms with Crippen molar-refractivity contribution >= 4 is 23.5 Å². The second kappa shape index (κ2) is 6.63. The average molecular weight is 351 g/mol. The molecule has 1 fully saturated rings. The van der Waals surface area contributed by atoms with Crippen LogP contribution in [0.15, 0.2) is 54.6 Å². The largest absolute Gasteiger partial charge is 0.325 e. The number of aryl methyl sites for hydroxylation is 1. The number of nitrogens with one attached hydrogen (secondary N) is 1. The van der Waals surface area contributed by atoms with Gasteiger partial charge in [0.25, 0.3) is 5.91 Å². The molecule has 1 atom stereocenters. The Bertz CT molecular complexity index is 848. The van der Waals surface area contributed by atoms with Gasteiger partial charge in [-0.3, -0.25) is 14.5 Å². The molecule has 2 aromatic carbocycles. The average Bonchev–Trinajstić information content (AvgIpc) is 2.86. The van der Waals surface area contributed by atoms with Gasteiger partial charge < -0.3 is 10.2 Å². The summed E-state index contributed by atoms with van der Waals surface area (Å²) in [5, 5.41) is 2.72. The van der Waals surface area contributed by atoms with Crippen molar-refractivity contribution < 1.29 is 14.4 Å². The number of rotatable bonds is 4. The van der Waals surface area contributed by atoms with Gasteiger partial charge in [-0.25, -0.2) is 4.79 Å². The van der Waals surface area contributed by atoms with E-state index in [-0.39, 0.29) is 12.5 Å². The van der Waals surface area contributed by atoms with Crippen molar-refractivity contribution in [3.63, 3.8) is 0 Å². The van der Waals surface area contributed by atoms with Crippen molar-refractivity contribution in [2.75, 3.05) is 18.5 Å². The molecule has 1 aliphatic rings. The van der Waals surface area contributed by atoms with Crippen LogP contribution in [0.2, 0.25) is 0 Å². The van der Waals surface area contributed by atoms with Crippen LogP contribution in [0.3, 0.4) is 0 Å². The Morgan fingerprint density at radius 3 is 2.31 bits per heavy atom. The van der Waals surface area contributed by atoms with E-state index in [0.29, 0.717) is 11.3 Å². The predicted molar refractivity (Wildman–Crippen MR) is 98.6 cm³/mol. The quantitative estimate of drug-likeness (QED) is 0.860. The first-order valence-corrected chi connectivity index (χ1v) is 8.36. The molecular formula is C20H21N3O3. The van der Waals surface area contributed by atoms with Gasteiger partial charge in [0.15, 0.2) is 0 Å². The second-order valence-electron chi connectivity index (χ2n) is 6.60. The van der Waals surface area contributed by atoms with Crippen LogP contribution in [0, 0.1) is 6.92 Å². The Morgan fingerprint density at radius 1 is 1.08 bits per heavy atom. The minimum atomic E-state index is -1.17. The van der Waals surface area contributed by atoms with E-state index < -0.39 is 17.5 Å². The number of imide groups is 1. The highest BCUT2D eigenvalue weighted by molar-refractivity contribution is 6.10. The number of hydrogen-bond acceptors (Lipinski definition) is 3. The highest BCUT2D eigenvalue weighted by Crippen LogP contribution is 2.29. The first-order chi connectivity index (χ1) is 12.3. The van der Waals surface area contributed by atoms with E-state index in [4.69, 9.17) is 0 Å². The first kappa shape index (κ1) is 17.7. The van der Waals surface area contributed by atoms with Crippen LogP contribution in [0.4, 0.5) is 10.5 Å². The van der Waals surface area contributed by atoms with Crippen molar-refractivity contribution in [3.8, 4) is 0 Å². The molecule has 1 aliphatic heterocycles. The van der Waals surface area contributed by atoms with Gasteiger partial charge in [0.1, 0.15) is 12.1 Å². The maximum Gasteiger partial charge on any atom is 0.325 e. The van der Waals surface area contributed by atoms with Crippen LogP contribution in [-0.4, -0.2) is 36.3 Å².